The molecule has 14 nitrogen and oxygen atoms in total. The molecule has 0 aromatic heterocycles. The molecule has 0 saturated carbocycles. The van der Waals surface area contributed by atoms with Crippen molar-refractivity contribution in [3.05, 3.63) is 0 Å². The highest BCUT2D eigenvalue weighted by Gasteiger charge is 2.47. The third-order valence-corrected chi connectivity index (χ3v) is 13.3. The van der Waals surface area contributed by atoms with E-state index in [4.69, 9.17) is 56.0 Å². The summed E-state index contributed by atoms with van der Waals surface area (Å²) in [5.41, 5.74) is 0. The topological polar surface area (TPSA) is 145 Å². The van der Waals surface area contributed by atoms with E-state index in [9.17, 15) is 9.13 Å². The smallest absolute Gasteiger partial charge is 0.328 e. The largest absolute Gasteiger partial charge is 0.382 e. The highest BCUT2D eigenvalue weighted by molar-refractivity contribution is 7.53. The maximum absolute atomic E-state index is 12.8. The van der Waals surface area contributed by atoms with Gasteiger partial charge in [-0.3, -0.25) is 9.13 Å². The van der Waals surface area contributed by atoms with Crippen molar-refractivity contribution in [3.8, 4) is 0 Å². The Labute approximate surface area is 300 Å². The Morgan fingerprint density at radius 3 is 0.960 bits per heavy atom. The Kier molecular flexibility index (Phi) is 17.3. The molecule has 16 heteroatoms. The maximum Gasteiger partial charge on any atom is 0.328 e. The Hall–Kier alpha value is -0.0200. The molecule has 4 aliphatic rings. The molecule has 50 heavy (non-hydrogen) atoms. The normalized spacial score (nSPS) is 44.1. The monoisotopic (exact) mass is 760 g/mol. The lowest BCUT2D eigenvalue weighted by molar-refractivity contribution is -0.0384. The standard InChI is InChI=1S/2C17H33O7P/c2*1-10-12(3)23-15(16(10)20-6)9-21-25(7,18)24-17-11(2)13(4)22-14(17)8-19-5/h2*10-17H,8-9H2,1-7H3/t2*10-,11-,12+,13+,14-,15-,16?,17?,25?/m11/s1. The average molecular weight is 761 g/mol. The van der Waals surface area contributed by atoms with E-state index in [1.165, 1.54) is 13.3 Å². The highest BCUT2D eigenvalue weighted by Crippen LogP contribution is 2.51. The van der Waals surface area contributed by atoms with Gasteiger partial charge in [0.05, 0.1) is 63.1 Å². The van der Waals surface area contributed by atoms with Crippen molar-refractivity contribution in [3.63, 3.8) is 0 Å². The minimum atomic E-state index is -3.27. The van der Waals surface area contributed by atoms with Crippen LogP contribution in [0.1, 0.15) is 55.4 Å². The first-order chi connectivity index (χ1) is 23.4. The molecule has 0 aromatic rings. The molecule has 0 radical (unpaired) electrons. The maximum atomic E-state index is 12.8. The fraction of sp³-hybridized carbons (Fsp3) is 1.00. The molecule has 4 heterocycles. The van der Waals surface area contributed by atoms with E-state index in [2.05, 4.69) is 13.8 Å². The molecule has 18 atom stereocenters. The first-order valence-corrected chi connectivity index (χ1v) is 21.8. The summed E-state index contributed by atoms with van der Waals surface area (Å²) >= 11 is 0. The number of hydrogen-bond donors (Lipinski definition) is 0. The van der Waals surface area contributed by atoms with Crippen LogP contribution in [0.3, 0.4) is 0 Å². The summed E-state index contributed by atoms with van der Waals surface area (Å²) in [5.74, 6) is 0.718. The zero-order valence-corrected chi connectivity index (χ0v) is 34.5. The molecule has 0 aromatic carbocycles. The third-order valence-electron chi connectivity index (χ3n) is 10.8. The summed E-state index contributed by atoms with van der Waals surface area (Å²) in [6.45, 7) is 20.3. The van der Waals surface area contributed by atoms with E-state index in [0.717, 1.165) is 0 Å². The van der Waals surface area contributed by atoms with Gasteiger partial charge in [-0.1, -0.05) is 27.7 Å². The van der Waals surface area contributed by atoms with Crippen LogP contribution in [-0.4, -0.2) is 141 Å². The molecule has 296 valence electrons. The van der Waals surface area contributed by atoms with Crippen molar-refractivity contribution in [2.75, 3.05) is 68.2 Å². The predicted octanol–water partition coefficient (Wildman–Crippen LogP) is 5.44. The van der Waals surface area contributed by atoms with E-state index < -0.39 is 15.2 Å². The molecule has 0 N–H and O–H groups in total. The van der Waals surface area contributed by atoms with Gasteiger partial charge in [0, 0.05) is 65.4 Å². The van der Waals surface area contributed by atoms with Gasteiger partial charge in [-0.2, -0.15) is 0 Å². The van der Waals surface area contributed by atoms with E-state index in [-0.39, 0.29) is 110 Å². The van der Waals surface area contributed by atoms with Crippen LogP contribution < -0.4 is 0 Å². The van der Waals surface area contributed by atoms with Crippen LogP contribution in [0.25, 0.3) is 0 Å². The summed E-state index contributed by atoms with van der Waals surface area (Å²) in [5, 5.41) is 0. The molecule has 4 saturated heterocycles. The van der Waals surface area contributed by atoms with Crippen LogP contribution in [0.2, 0.25) is 0 Å². The van der Waals surface area contributed by atoms with E-state index in [0.29, 0.717) is 13.2 Å². The zero-order chi connectivity index (χ0) is 37.6. The Bertz CT molecular complexity index is 1030. The van der Waals surface area contributed by atoms with E-state index >= 15 is 0 Å². The second-order valence-electron chi connectivity index (χ2n) is 14.5. The Morgan fingerprint density at radius 2 is 0.700 bits per heavy atom. The van der Waals surface area contributed by atoms with Crippen molar-refractivity contribution < 1.29 is 65.1 Å². The lowest BCUT2D eigenvalue weighted by Gasteiger charge is -2.26. The van der Waals surface area contributed by atoms with Crippen molar-refractivity contribution in [2.45, 2.75) is 129 Å². The van der Waals surface area contributed by atoms with Gasteiger partial charge >= 0.3 is 15.2 Å². The van der Waals surface area contributed by atoms with Gasteiger partial charge in [0.15, 0.2) is 0 Å². The van der Waals surface area contributed by atoms with Gasteiger partial charge in [0.1, 0.15) is 36.6 Å². The minimum Gasteiger partial charge on any atom is -0.382 e. The van der Waals surface area contributed by atoms with Gasteiger partial charge < -0.3 is 56.0 Å². The van der Waals surface area contributed by atoms with Gasteiger partial charge in [0.2, 0.25) is 0 Å². The van der Waals surface area contributed by atoms with Crippen LogP contribution in [0, 0.1) is 23.7 Å². The molecule has 4 fully saturated rings. The summed E-state index contributed by atoms with van der Waals surface area (Å²) < 4.78 is 93.5. The van der Waals surface area contributed by atoms with Crippen molar-refractivity contribution in [1.82, 2.24) is 0 Å². The number of methoxy groups -OCH3 is 4. The van der Waals surface area contributed by atoms with Crippen LogP contribution >= 0.6 is 15.2 Å². The number of ether oxygens (including phenoxy) is 8. The highest BCUT2D eigenvalue weighted by atomic mass is 31.2. The minimum absolute atomic E-state index is 0.0166. The van der Waals surface area contributed by atoms with E-state index in [1.807, 2.05) is 41.5 Å². The lowest BCUT2D eigenvalue weighted by atomic mass is 9.99. The van der Waals surface area contributed by atoms with Crippen LogP contribution in [-0.2, 0) is 65.1 Å². The van der Waals surface area contributed by atoms with Crippen LogP contribution in [0.4, 0.5) is 0 Å². The van der Waals surface area contributed by atoms with Gasteiger partial charge in [-0.15, -0.1) is 0 Å². The lowest BCUT2D eigenvalue weighted by Crippen LogP contribution is -2.33. The SMILES string of the molecule is COC[C@H]1O[C@@H](C)[C@@H](C)C1OP(C)(=O)OC[C@H]1O[C@@H](C)[C@@H](C)C1OC.COC[C@H]1O[C@@H](C)[C@@H](C)C1OP(C)(=O)OC[C@H]1O[C@@H](C)[C@@H](C)C1OC. The molecule has 0 amide bonds. The summed E-state index contributed by atoms with van der Waals surface area (Å²) in [4.78, 5) is 0. The van der Waals surface area contributed by atoms with Crippen molar-refractivity contribution in [1.29, 1.82) is 0 Å². The fourth-order valence-corrected chi connectivity index (χ4v) is 9.67. The fourth-order valence-electron chi connectivity index (χ4n) is 7.18. The van der Waals surface area contributed by atoms with Crippen molar-refractivity contribution >= 4 is 15.2 Å². The van der Waals surface area contributed by atoms with Crippen LogP contribution in [0.5, 0.6) is 0 Å². The molecular weight excluding hydrogens is 694 g/mol. The number of hydrogen-bond acceptors (Lipinski definition) is 14. The quantitative estimate of drug-likeness (QED) is 0.184. The predicted molar refractivity (Wildman–Crippen MR) is 188 cm³/mol. The third kappa shape index (κ3) is 11.5. The van der Waals surface area contributed by atoms with E-state index in [1.54, 1.807) is 28.4 Å². The van der Waals surface area contributed by atoms with Gasteiger partial charge in [-0.05, 0) is 27.7 Å². The van der Waals surface area contributed by atoms with Gasteiger partial charge in [0.25, 0.3) is 0 Å². The van der Waals surface area contributed by atoms with Crippen molar-refractivity contribution in [2.24, 2.45) is 23.7 Å². The molecule has 6 unspecified atom stereocenters. The van der Waals surface area contributed by atoms with Gasteiger partial charge in [-0.25, -0.2) is 0 Å². The summed E-state index contributed by atoms with van der Waals surface area (Å²) in [7, 11) is 0.00760. The Balaban J connectivity index is 0.000000270. The molecule has 0 bridgehead atoms. The summed E-state index contributed by atoms with van der Waals surface area (Å²) in [6.07, 6.45) is -1.63. The summed E-state index contributed by atoms with van der Waals surface area (Å²) in [6, 6.07) is 0. The molecular formula is C34H66O14P2. The zero-order valence-electron chi connectivity index (χ0n) is 32.7. The molecule has 0 spiro atoms. The Morgan fingerprint density at radius 1 is 0.440 bits per heavy atom. The number of rotatable bonds is 16. The second kappa shape index (κ2) is 19.5. The molecule has 4 aliphatic heterocycles. The molecule has 0 aliphatic carbocycles. The molecule has 4 rings (SSSR count). The van der Waals surface area contributed by atoms with Crippen LogP contribution in [0.15, 0.2) is 0 Å². The first-order valence-electron chi connectivity index (χ1n) is 17.9. The second-order valence-corrected chi connectivity index (χ2v) is 18.6. The first kappa shape index (κ1) is 44.4. The average Bonchev–Trinajstić information content (AvgIpc) is 3.68.